The van der Waals surface area contributed by atoms with Gasteiger partial charge in [-0.2, -0.15) is 0 Å². The molecule has 0 fully saturated rings. The summed E-state index contributed by atoms with van der Waals surface area (Å²) in [5, 5.41) is 4.88. The number of aryl methyl sites for hydroxylation is 2. The number of rotatable bonds is 14. The third-order valence-electron chi connectivity index (χ3n) is 9.04. The smallest absolute Gasteiger partial charge is 0.0255 e. The van der Waals surface area contributed by atoms with E-state index in [1.54, 1.807) is 0 Å². The summed E-state index contributed by atoms with van der Waals surface area (Å²) in [4.78, 5) is 0. The Labute approximate surface area is 278 Å². The molecule has 5 rings (SSSR count). The summed E-state index contributed by atoms with van der Waals surface area (Å²) >= 11 is 0. The zero-order chi connectivity index (χ0) is 31.8. The van der Waals surface area contributed by atoms with Crippen LogP contribution < -0.4 is 0 Å². The molecule has 0 amide bonds. The summed E-state index contributed by atoms with van der Waals surface area (Å²) in [7, 11) is 0. The van der Waals surface area contributed by atoms with Crippen LogP contribution >= 0.6 is 0 Å². The average molecular weight is 603 g/mol. The fraction of sp³-hybridized carbons (Fsp3) is 0.348. The van der Waals surface area contributed by atoms with Crippen molar-refractivity contribution >= 4 is 21.5 Å². The van der Waals surface area contributed by atoms with Gasteiger partial charge < -0.3 is 0 Å². The van der Waals surface area contributed by atoms with Gasteiger partial charge in [-0.05, 0) is 119 Å². The molecule has 0 aliphatic heterocycles. The standard InChI is InChI=1S/C46H50/c1-3-5-7-9-11-13-15-37-17-21-39(22-18-37)25-27-41-29-31-43-36-46-34-42(30-32-44(46)35-45(43)33-41)28-26-40-23-19-38(20-24-40)16-14-12-10-8-6-4-2/h17-24,29-36H,3-16H2,1-2H3. The maximum atomic E-state index is 3.39. The van der Waals surface area contributed by atoms with E-state index in [0.29, 0.717) is 0 Å². The van der Waals surface area contributed by atoms with Crippen LogP contribution in [-0.4, -0.2) is 0 Å². The Hall–Kier alpha value is -4.26. The number of fused-ring (bicyclic) bond motifs is 2. The molecular formula is C46H50. The van der Waals surface area contributed by atoms with Crippen LogP contribution in [-0.2, 0) is 12.8 Å². The van der Waals surface area contributed by atoms with Crippen LogP contribution in [0.5, 0.6) is 0 Å². The van der Waals surface area contributed by atoms with Gasteiger partial charge in [-0.1, -0.05) is 138 Å². The van der Waals surface area contributed by atoms with Crippen molar-refractivity contribution in [2.45, 2.75) is 104 Å². The second-order valence-corrected chi connectivity index (χ2v) is 12.9. The monoisotopic (exact) mass is 602 g/mol. The van der Waals surface area contributed by atoms with E-state index in [1.165, 1.54) is 123 Å². The highest BCUT2D eigenvalue weighted by atomic mass is 14.1. The van der Waals surface area contributed by atoms with Crippen molar-refractivity contribution in [1.29, 1.82) is 0 Å². The highest BCUT2D eigenvalue weighted by molar-refractivity contribution is 5.99. The molecule has 46 heavy (non-hydrogen) atoms. The Morgan fingerprint density at radius 2 is 0.674 bits per heavy atom. The van der Waals surface area contributed by atoms with Crippen LogP contribution in [0.25, 0.3) is 21.5 Å². The topological polar surface area (TPSA) is 0 Å². The molecule has 5 aromatic carbocycles. The predicted molar refractivity (Wildman–Crippen MR) is 200 cm³/mol. The first-order valence-corrected chi connectivity index (χ1v) is 17.9. The first kappa shape index (κ1) is 33.1. The Kier molecular flexibility index (Phi) is 13.0. The van der Waals surface area contributed by atoms with Gasteiger partial charge in [0.2, 0.25) is 0 Å². The molecule has 0 radical (unpaired) electrons. The number of hydrogen-bond acceptors (Lipinski definition) is 0. The Balaban J connectivity index is 1.17. The first-order chi connectivity index (χ1) is 22.7. The van der Waals surface area contributed by atoms with Gasteiger partial charge in [0, 0.05) is 22.3 Å². The van der Waals surface area contributed by atoms with Crippen molar-refractivity contribution in [3.8, 4) is 23.7 Å². The molecule has 5 aromatic rings. The van der Waals surface area contributed by atoms with E-state index in [2.05, 4.69) is 135 Å². The normalized spacial score (nSPS) is 10.8. The molecule has 0 nitrogen and oxygen atoms in total. The minimum absolute atomic E-state index is 1.04. The fourth-order valence-corrected chi connectivity index (χ4v) is 6.17. The highest BCUT2D eigenvalue weighted by Gasteiger charge is 2.02. The van der Waals surface area contributed by atoms with Crippen molar-refractivity contribution in [2.24, 2.45) is 0 Å². The van der Waals surface area contributed by atoms with Gasteiger partial charge in [-0.3, -0.25) is 0 Å². The lowest BCUT2D eigenvalue weighted by Gasteiger charge is -2.04. The summed E-state index contributed by atoms with van der Waals surface area (Å²) < 4.78 is 0. The van der Waals surface area contributed by atoms with Crippen LogP contribution in [0.1, 0.15) is 124 Å². The molecule has 0 heterocycles. The summed E-state index contributed by atoms with van der Waals surface area (Å²) in [6, 6.07) is 35.2. The second kappa shape index (κ2) is 18.0. The van der Waals surface area contributed by atoms with Gasteiger partial charge >= 0.3 is 0 Å². The van der Waals surface area contributed by atoms with Crippen LogP contribution in [0.4, 0.5) is 0 Å². The predicted octanol–water partition coefficient (Wildman–Crippen LogP) is 12.6. The SMILES string of the molecule is CCCCCCCCc1ccc(C#Cc2ccc3cc4cc(C#Cc5ccc(CCCCCCCC)cc5)ccc4cc3c2)cc1. The van der Waals surface area contributed by atoms with Crippen molar-refractivity contribution in [2.75, 3.05) is 0 Å². The largest absolute Gasteiger partial charge is 0.0654 e. The van der Waals surface area contributed by atoms with Crippen molar-refractivity contribution in [1.82, 2.24) is 0 Å². The van der Waals surface area contributed by atoms with E-state index >= 15 is 0 Å². The Bertz CT molecular complexity index is 1660. The van der Waals surface area contributed by atoms with Gasteiger partial charge in [0.15, 0.2) is 0 Å². The van der Waals surface area contributed by atoms with Crippen LogP contribution in [0.15, 0.2) is 97.1 Å². The van der Waals surface area contributed by atoms with E-state index in [9.17, 15) is 0 Å². The van der Waals surface area contributed by atoms with Crippen LogP contribution in [0.2, 0.25) is 0 Å². The first-order valence-electron chi connectivity index (χ1n) is 17.9. The van der Waals surface area contributed by atoms with E-state index in [4.69, 9.17) is 0 Å². The molecule has 0 spiro atoms. The lowest BCUT2D eigenvalue weighted by Crippen LogP contribution is -1.87. The lowest BCUT2D eigenvalue weighted by atomic mass is 10.00. The quantitative estimate of drug-likeness (QED) is 0.0674. The maximum absolute atomic E-state index is 3.39. The molecule has 0 unspecified atom stereocenters. The molecular weight excluding hydrogens is 553 g/mol. The number of benzene rings is 5. The molecule has 0 saturated heterocycles. The summed E-state index contributed by atoms with van der Waals surface area (Å²) in [5.74, 6) is 13.5. The van der Waals surface area contributed by atoms with Gasteiger partial charge in [-0.25, -0.2) is 0 Å². The molecule has 0 aromatic heterocycles. The molecule has 0 N–H and O–H groups in total. The second-order valence-electron chi connectivity index (χ2n) is 12.9. The lowest BCUT2D eigenvalue weighted by molar-refractivity contribution is 0.607. The zero-order valence-electron chi connectivity index (χ0n) is 28.1. The van der Waals surface area contributed by atoms with E-state index in [1.807, 2.05) is 0 Å². The van der Waals surface area contributed by atoms with Crippen molar-refractivity contribution in [3.63, 3.8) is 0 Å². The maximum Gasteiger partial charge on any atom is 0.0255 e. The number of hydrogen-bond donors (Lipinski definition) is 0. The third-order valence-corrected chi connectivity index (χ3v) is 9.04. The van der Waals surface area contributed by atoms with E-state index in [-0.39, 0.29) is 0 Å². The minimum atomic E-state index is 1.04. The molecule has 234 valence electrons. The van der Waals surface area contributed by atoms with Gasteiger partial charge in [0.05, 0.1) is 0 Å². The molecule has 0 heteroatoms. The highest BCUT2D eigenvalue weighted by Crippen LogP contribution is 2.25. The summed E-state index contributed by atoms with van der Waals surface area (Å²) in [5.41, 5.74) is 7.07. The fourth-order valence-electron chi connectivity index (χ4n) is 6.17. The van der Waals surface area contributed by atoms with Crippen LogP contribution in [0.3, 0.4) is 0 Å². The van der Waals surface area contributed by atoms with Crippen molar-refractivity contribution < 1.29 is 0 Å². The van der Waals surface area contributed by atoms with Gasteiger partial charge in [-0.15, -0.1) is 0 Å². The molecule has 0 aliphatic rings. The minimum Gasteiger partial charge on any atom is -0.0654 e. The number of unbranched alkanes of at least 4 members (excludes halogenated alkanes) is 10. The molecule has 0 saturated carbocycles. The van der Waals surface area contributed by atoms with E-state index < -0.39 is 0 Å². The zero-order valence-corrected chi connectivity index (χ0v) is 28.1. The molecule has 0 aliphatic carbocycles. The third kappa shape index (κ3) is 10.4. The van der Waals surface area contributed by atoms with E-state index in [0.717, 1.165) is 22.3 Å². The van der Waals surface area contributed by atoms with Gasteiger partial charge in [0.1, 0.15) is 0 Å². The average Bonchev–Trinajstić information content (AvgIpc) is 3.09. The summed E-state index contributed by atoms with van der Waals surface area (Å²) in [6.45, 7) is 4.55. The van der Waals surface area contributed by atoms with Gasteiger partial charge in [0.25, 0.3) is 0 Å². The Morgan fingerprint density at radius 1 is 0.326 bits per heavy atom. The Morgan fingerprint density at radius 3 is 1.09 bits per heavy atom. The molecule has 0 atom stereocenters. The van der Waals surface area contributed by atoms with Crippen molar-refractivity contribution in [3.05, 3.63) is 130 Å². The van der Waals surface area contributed by atoms with Crippen LogP contribution in [0, 0.1) is 23.7 Å². The summed E-state index contributed by atoms with van der Waals surface area (Å²) in [6.07, 6.45) is 18.4. The molecule has 0 bridgehead atoms.